The van der Waals surface area contributed by atoms with E-state index in [0.717, 1.165) is 13.0 Å². The zero-order chi connectivity index (χ0) is 15.0. The fourth-order valence-electron chi connectivity index (χ4n) is 2.75. The average Bonchev–Trinajstić information content (AvgIpc) is 2.30. The maximum Gasteiger partial charge on any atom is 0.240 e. The molecule has 0 bridgehead atoms. The number of ether oxygens (including phenoxy) is 1. The normalized spacial score (nSPS) is 27.6. The number of amides is 1. The predicted molar refractivity (Wildman–Crippen MR) is 77.8 cm³/mol. The molecule has 19 heavy (non-hydrogen) atoms. The molecule has 0 aromatic carbocycles. The molecule has 0 spiro atoms. The van der Waals surface area contributed by atoms with Crippen molar-refractivity contribution in [3.8, 4) is 0 Å². The number of nitrogens with two attached hydrogens (primary N) is 1. The zero-order valence-electron chi connectivity index (χ0n) is 13.5. The molecular weight excluding hydrogens is 240 g/mol. The maximum atomic E-state index is 12.4. The van der Waals surface area contributed by atoms with Crippen molar-refractivity contribution in [3.63, 3.8) is 0 Å². The fourth-order valence-corrected chi connectivity index (χ4v) is 2.75. The lowest BCUT2D eigenvalue weighted by Gasteiger charge is -2.55. The summed E-state index contributed by atoms with van der Waals surface area (Å²) < 4.78 is 5.71. The number of likely N-dealkylation sites (N-methyl/N-ethyl adjacent to an activating group) is 1. The number of nitrogens with zero attached hydrogens (tertiary/aromatic N) is 1. The van der Waals surface area contributed by atoms with Gasteiger partial charge in [-0.15, -0.1) is 0 Å². The van der Waals surface area contributed by atoms with E-state index in [2.05, 4.69) is 13.8 Å². The molecule has 0 heterocycles. The standard InChI is InChI=1S/C15H30N2O2/c1-8-19-11-9-10(15(11,5)6)17(7)13(18)12(16)14(2,3)4/h10-12H,8-9,16H2,1-7H3/t10?,11?,12-/m1/s1. The van der Waals surface area contributed by atoms with Crippen molar-refractivity contribution in [2.75, 3.05) is 13.7 Å². The van der Waals surface area contributed by atoms with Gasteiger partial charge in [0.15, 0.2) is 0 Å². The lowest BCUT2D eigenvalue weighted by Crippen LogP contribution is -2.64. The van der Waals surface area contributed by atoms with Crippen LogP contribution in [0, 0.1) is 10.8 Å². The van der Waals surface area contributed by atoms with Crippen molar-refractivity contribution in [1.82, 2.24) is 4.90 Å². The van der Waals surface area contributed by atoms with Crippen LogP contribution in [0.25, 0.3) is 0 Å². The lowest BCUT2D eigenvalue weighted by atomic mass is 9.63. The summed E-state index contributed by atoms with van der Waals surface area (Å²) in [7, 11) is 1.86. The summed E-state index contributed by atoms with van der Waals surface area (Å²) in [6.45, 7) is 13.0. The van der Waals surface area contributed by atoms with Crippen LogP contribution in [0.1, 0.15) is 48.0 Å². The Balaban J connectivity index is 2.70. The first-order chi connectivity index (χ1) is 8.53. The Morgan fingerprint density at radius 2 is 2.00 bits per heavy atom. The molecule has 0 aromatic heterocycles. The van der Waals surface area contributed by atoms with E-state index in [4.69, 9.17) is 10.5 Å². The van der Waals surface area contributed by atoms with Crippen LogP contribution in [0.4, 0.5) is 0 Å². The molecule has 0 aromatic rings. The van der Waals surface area contributed by atoms with Crippen LogP contribution in [-0.4, -0.2) is 42.6 Å². The molecule has 1 fully saturated rings. The average molecular weight is 270 g/mol. The van der Waals surface area contributed by atoms with E-state index in [9.17, 15) is 4.79 Å². The Bertz CT molecular complexity index is 334. The monoisotopic (exact) mass is 270 g/mol. The molecule has 1 rings (SSSR count). The third-order valence-corrected chi connectivity index (χ3v) is 4.51. The Morgan fingerprint density at radius 1 is 1.47 bits per heavy atom. The van der Waals surface area contributed by atoms with E-state index in [-0.39, 0.29) is 28.9 Å². The van der Waals surface area contributed by atoms with E-state index in [0.29, 0.717) is 0 Å². The maximum absolute atomic E-state index is 12.4. The SMILES string of the molecule is CCOC1CC(N(C)C(=O)[C@@H](N)C(C)(C)C)C1(C)C. The van der Waals surface area contributed by atoms with Crippen LogP contribution in [0.2, 0.25) is 0 Å². The van der Waals surface area contributed by atoms with E-state index in [1.54, 1.807) is 0 Å². The zero-order valence-corrected chi connectivity index (χ0v) is 13.5. The quantitative estimate of drug-likeness (QED) is 0.850. The van der Waals surface area contributed by atoms with Crippen LogP contribution in [0.5, 0.6) is 0 Å². The van der Waals surface area contributed by atoms with Gasteiger partial charge in [0.25, 0.3) is 0 Å². The fraction of sp³-hybridized carbons (Fsp3) is 0.933. The molecule has 2 unspecified atom stereocenters. The molecule has 112 valence electrons. The summed E-state index contributed by atoms with van der Waals surface area (Å²) in [6, 6.07) is -0.246. The molecule has 1 saturated carbocycles. The van der Waals surface area contributed by atoms with Gasteiger partial charge in [0.1, 0.15) is 0 Å². The van der Waals surface area contributed by atoms with Gasteiger partial charge in [0, 0.05) is 25.1 Å². The highest BCUT2D eigenvalue weighted by molar-refractivity contribution is 5.82. The van der Waals surface area contributed by atoms with Gasteiger partial charge in [-0.2, -0.15) is 0 Å². The van der Waals surface area contributed by atoms with Crippen LogP contribution in [0.3, 0.4) is 0 Å². The summed E-state index contributed by atoms with van der Waals surface area (Å²) >= 11 is 0. The molecule has 3 atom stereocenters. The van der Waals surface area contributed by atoms with Gasteiger partial charge in [0.05, 0.1) is 12.1 Å². The minimum atomic E-state index is -0.459. The van der Waals surface area contributed by atoms with Crippen molar-refractivity contribution >= 4 is 5.91 Å². The van der Waals surface area contributed by atoms with Crippen molar-refractivity contribution in [2.24, 2.45) is 16.6 Å². The van der Waals surface area contributed by atoms with E-state index in [1.165, 1.54) is 0 Å². The van der Waals surface area contributed by atoms with Crippen LogP contribution in [0.15, 0.2) is 0 Å². The van der Waals surface area contributed by atoms with Crippen LogP contribution < -0.4 is 5.73 Å². The minimum Gasteiger partial charge on any atom is -0.378 e. The van der Waals surface area contributed by atoms with Gasteiger partial charge < -0.3 is 15.4 Å². The number of carbonyl (C=O) groups excluding carboxylic acids is 1. The number of carbonyl (C=O) groups is 1. The van der Waals surface area contributed by atoms with Crippen molar-refractivity contribution in [1.29, 1.82) is 0 Å². The Labute approximate surface area is 117 Å². The summed E-state index contributed by atoms with van der Waals surface area (Å²) in [5.41, 5.74) is 5.86. The lowest BCUT2D eigenvalue weighted by molar-refractivity contribution is -0.165. The summed E-state index contributed by atoms with van der Waals surface area (Å²) in [4.78, 5) is 14.3. The third kappa shape index (κ3) is 3.11. The first kappa shape index (κ1) is 16.4. The summed E-state index contributed by atoms with van der Waals surface area (Å²) in [6.07, 6.45) is 1.14. The first-order valence-electron chi connectivity index (χ1n) is 7.17. The summed E-state index contributed by atoms with van der Waals surface area (Å²) in [5.74, 6) is 0.0283. The number of rotatable bonds is 4. The van der Waals surface area contributed by atoms with E-state index < -0.39 is 6.04 Å². The van der Waals surface area contributed by atoms with Crippen molar-refractivity contribution in [3.05, 3.63) is 0 Å². The van der Waals surface area contributed by atoms with Gasteiger partial charge >= 0.3 is 0 Å². The smallest absolute Gasteiger partial charge is 0.240 e. The van der Waals surface area contributed by atoms with Gasteiger partial charge in [-0.05, 0) is 18.8 Å². The molecule has 4 heteroatoms. The van der Waals surface area contributed by atoms with Crippen LogP contribution >= 0.6 is 0 Å². The van der Waals surface area contributed by atoms with Gasteiger partial charge in [0.2, 0.25) is 5.91 Å². The van der Waals surface area contributed by atoms with Gasteiger partial charge in [-0.1, -0.05) is 34.6 Å². The van der Waals surface area contributed by atoms with Gasteiger partial charge in [-0.3, -0.25) is 4.79 Å². The van der Waals surface area contributed by atoms with E-state index in [1.807, 2.05) is 39.6 Å². The molecule has 0 aliphatic heterocycles. The third-order valence-electron chi connectivity index (χ3n) is 4.51. The molecule has 1 amide bonds. The second kappa shape index (κ2) is 5.41. The van der Waals surface area contributed by atoms with E-state index >= 15 is 0 Å². The molecule has 4 nitrogen and oxygen atoms in total. The molecule has 1 aliphatic carbocycles. The molecule has 0 saturated heterocycles. The minimum absolute atomic E-state index is 0.00196. The second-order valence-electron chi connectivity index (χ2n) is 7.31. The number of hydrogen-bond acceptors (Lipinski definition) is 3. The highest BCUT2D eigenvalue weighted by atomic mass is 16.5. The largest absolute Gasteiger partial charge is 0.378 e. The topological polar surface area (TPSA) is 55.6 Å². The van der Waals surface area contributed by atoms with Crippen molar-refractivity contribution in [2.45, 2.75) is 66.2 Å². The predicted octanol–water partition coefficient (Wildman–Crippen LogP) is 2.02. The second-order valence-corrected chi connectivity index (χ2v) is 7.31. The Kier molecular flexibility index (Phi) is 4.68. The first-order valence-corrected chi connectivity index (χ1v) is 7.17. The molecular formula is C15H30N2O2. The molecule has 0 radical (unpaired) electrons. The highest BCUT2D eigenvalue weighted by Gasteiger charge is 2.52. The van der Waals surface area contributed by atoms with Gasteiger partial charge in [-0.25, -0.2) is 0 Å². The summed E-state index contributed by atoms with van der Waals surface area (Å²) in [5, 5.41) is 0. The van der Waals surface area contributed by atoms with Crippen LogP contribution in [-0.2, 0) is 9.53 Å². The number of hydrogen-bond donors (Lipinski definition) is 1. The highest BCUT2D eigenvalue weighted by Crippen LogP contribution is 2.45. The Morgan fingerprint density at radius 3 is 2.37 bits per heavy atom. The Hall–Kier alpha value is -0.610. The molecule has 2 N–H and O–H groups in total. The molecule has 1 aliphatic rings. The van der Waals surface area contributed by atoms with Crippen molar-refractivity contribution < 1.29 is 9.53 Å².